The van der Waals surface area contributed by atoms with E-state index in [1.165, 1.54) is 6.92 Å². The molecule has 39 valence electrons. The average Bonchev–Trinajstić information content (AvgIpc) is 1.61. The molecule has 0 N–H and O–H groups in total. The minimum atomic E-state index is -0.301. The molecule has 3 heteroatoms. The van der Waals surface area contributed by atoms with E-state index in [0.717, 1.165) is 0 Å². The molecule has 0 aromatic heterocycles. The molecule has 0 aliphatic rings. The second kappa shape index (κ2) is 3.61. The quantitative estimate of drug-likeness (QED) is 0.475. The molecule has 0 aliphatic carbocycles. The summed E-state index contributed by atoms with van der Waals surface area (Å²) in [5, 5.41) is 0. The smallest absolute Gasteiger partial charge is 0.293 e. The molecule has 0 saturated heterocycles. The normalized spacial score (nSPS) is 7.57. The van der Waals surface area contributed by atoms with Gasteiger partial charge in [-0.3, -0.25) is 4.79 Å². The molecule has 0 atom stereocenters. The Bertz CT molecular complexity index is 79.8. The zero-order valence-electron chi connectivity index (χ0n) is 4.18. The van der Waals surface area contributed by atoms with Crippen molar-refractivity contribution in [1.82, 2.24) is 0 Å². The van der Waals surface area contributed by atoms with Crippen LogP contribution in [0.25, 0.3) is 0 Å². The first-order valence-electron chi connectivity index (χ1n) is 1.89. The van der Waals surface area contributed by atoms with E-state index >= 15 is 0 Å². The molecule has 0 heterocycles. The highest BCUT2D eigenvalue weighted by Gasteiger charge is 1.85. The maximum atomic E-state index is 9.95. The van der Waals surface area contributed by atoms with Crippen LogP contribution in [0.15, 0.2) is 12.3 Å². The van der Waals surface area contributed by atoms with Crippen LogP contribution in [0.2, 0.25) is 0 Å². The molecule has 7 heavy (non-hydrogen) atoms. The molecular weight excluding hydrogens is 108 g/mol. The van der Waals surface area contributed by atoms with E-state index in [1.54, 1.807) is 5.70 Å². The van der Waals surface area contributed by atoms with Gasteiger partial charge in [-0.1, -0.05) is 5.70 Å². The fraction of sp³-hybridized carbons (Fsp3) is 0.250. The number of rotatable bonds is 2. The van der Waals surface area contributed by atoms with Crippen LogP contribution in [0.1, 0.15) is 6.92 Å². The summed E-state index contributed by atoms with van der Waals surface area (Å²) >= 11 is 0. The third-order valence-corrected chi connectivity index (χ3v) is 0.991. The summed E-state index contributed by atoms with van der Waals surface area (Å²) in [5.74, 6) is -0.227. The molecule has 0 bridgehead atoms. The minimum absolute atomic E-state index is 0.227. The van der Waals surface area contributed by atoms with Crippen LogP contribution in [-0.4, -0.2) is 15.7 Å². The molecule has 1 radical (unpaired) electrons. The van der Waals surface area contributed by atoms with Gasteiger partial charge in [-0.2, -0.15) is 0 Å². The topological polar surface area (TPSA) is 26.3 Å². The number of carbonyl (C=O) groups is 1. The first-order valence-corrected chi connectivity index (χ1v) is 3.02. The highest BCUT2D eigenvalue weighted by Crippen LogP contribution is 1.69. The molecule has 0 aliphatic heterocycles. The fourth-order valence-electron chi connectivity index (χ4n) is 0.144. The fourth-order valence-corrected chi connectivity index (χ4v) is 0.432. The first kappa shape index (κ1) is 6.43. The van der Waals surface area contributed by atoms with Crippen LogP contribution in [0.3, 0.4) is 0 Å². The Labute approximate surface area is 45.1 Å². The molecule has 0 amide bonds. The second-order valence-electron chi connectivity index (χ2n) is 0.981. The highest BCUT2D eigenvalue weighted by atomic mass is 28.2. The summed E-state index contributed by atoms with van der Waals surface area (Å²) in [4.78, 5) is 9.95. The zero-order chi connectivity index (χ0) is 5.70. The van der Waals surface area contributed by atoms with Crippen molar-refractivity contribution in [2.75, 3.05) is 0 Å². The van der Waals surface area contributed by atoms with Gasteiger partial charge in [0, 0.05) is 6.92 Å². The monoisotopic (exact) mass is 115 g/mol. The van der Waals surface area contributed by atoms with Crippen LogP contribution in [-0.2, 0) is 9.22 Å². The summed E-state index contributed by atoms with van der Waals surface area (Å²) in [7, 11) is -0.301. The lowest BCUT2D eigenvalue weighted by Gasteiger charge is -1.90. The molecule has 0 aromatic carbocycles. The van der Waals surface area contributed by atoms with Gasteiger partial charge in [0.1, 0.15) is 0 Å². The maximum absolute atomic E-state index is 9.95. The molecule has 2 nitrogen and oxygen atoms in total. The Morgan fingerprint density at radius 3 is 2.71 bits per heavy atom. The summed E-state index contributed by atoms with van der Waals surface area (Å²) < 4.78 is 4.52. The van der Waals surface area contributed by atoms with Crippen LogP contribution in [0.4, 0.5) is 0 Å². The Morgan fingerprint density at radius 1 is 2.00 bits per heavy atom. The molecule has 0 fully saturated rings. The van der Waals surface area contributed by atoms with Crippen LogP contribution < -0.4 is 0 Å². The van der Waals surface area contributed by atoms with E-state index in [1.807, 2.05) is 0 Å². The summed E-state index contributed by atoms with van der Waals surface area (Å²) in [6.45, 7) is 4.78. The molecule has 0 aromatic rings. The third kappa shape index (κ3) is 5.43. The third-order valence-electron chi connectivity index (χ3n) is 0.330. The van der Waals surface area contributed by atoms with Gasteiger partial charge in [-0.25, -0.2) is 0 Å². The first-order chi connectivity index (χ1) is 3.27. The van der Waals surface area contributed by atoms with Gasteiger partial charge in [0.15, 0.2) is 0 Å². The lowest BCUT2D eigenvalue weighted by Crippen LogP contribution is -2.00. The van der Waals surface area contributed by atoms with Gasteiger partial charge in [-0.05, 0) is 0 Å². The van der Waals surface area contributed by atoms with E-state index in [2.05, 4.69) is 11.0 Å². The SMILES string of the molecule is C=C[SiH]OC(C)=O. The summed E-state index contributed by atoms with van der Waals surface area (Å²) in [6, 6.07) is 0. The van der Waals surface area contributed by atoms with Gasteiger partial charge in [-0.15, -0.1) is 6.58 Å². The maximum Gasteiger partial charge on any atom is 0.293 e. The Balaban J connectivity index is 2.97. The van der Waals surface area contributed by atoms with Gasteiger partial charge in [0.25, 0.3) is 15.7 Å². The molecule has 0 saturated carbocycles. The van der Waals surface area contributed by atoms with Crippen molar-refractivity contribution >= 4 is 15.7 Å². The number of hydrogen-bond acceptors (Lipinski definition) is 2. The Hall–Kier alpha value is -0.573. The summed E-state index contributed by atoms with van der Waals surface area (Å²) in [5.41, 5.74) is 1.61. The van der Waals surface area contributed by atoms with Crippen molar-refractivity contribution in [2.24, 2.45) is 0 Å². The van der Waals surface area contributed by atoms with Gasteiger partial charge >= 0.3 is 0 Å². The van der Waals surface area contributed by atoms with Gasteiger partial charge in [0.05, 0.1) is 0 Å². The predicted molar refractivity (Wildman–Crippen MR) is 29.1 cm³/mol. The van der Waals surface area contributed by atoms with E-state index < -0.39 is 0 Å². The van der Waals surface area contributed by atoms with Gasteiger partial charge in [0.2, 0.25) is 0 Å². The van der Waals surface area contributed by atoms with Crippen molar-refractivity contribution in [3.8, 4) is 0 Å². The van der Waals surface area contributed by atoms with Crippen LogP contribution >= 0.6 is 0 Å². The summed E-state index contributed by atoms with van der Waals surface area (Å²) in [6.07, 6.45) is 0. The largest absolute Gasteiger partial charge is 0.517 e. The molecular formula is C4H7O2Si. The van der Waals surface area contributed by atoms with E-state index in [-0.39, 0.29) is 15.7 Å². The lowest BCUT2D eigenvalue weighted by atomic mass is 10.9. The predicted octanol–water partition coefficient (Wildman–Crippen LogP) is 0.0445. The van der Waals surface area contributed by atoms with Gasteiger partial charge < -0.3 is 4.43 Å². The lowest BCUT2D eigenvalue weighted by molar-refractivity contribution is -0.131. The Kier molecular flexibility index (Phi) is 3.32. The van der Waals surface area contributed by atoms with E-state index in [4.69, 9.17) is 0 Å². The van der Waals surface area contributed by atoms with Crippen LogP contribution in [0.5, 0.6) is 0 Å². The van der Waals surface area contributed by atoms with E-state index in [0.29, 0.717) is 0 Å². The second-order valence-corrected chi connectivity index (χ2v) is 1.96. The minimum Gasteiger partial charge on any atom is -0.517 e. The van der Waals surface area contributed by atoms with Crippen molar-refractivity contribution in [3.63, 3.8) is 0 Å². The van der Waals surface area contributed by atoms with Crippen molar-refractivity contribution in [2.45, 2.75) is 6.92 Å². The van der Waals surface area contributed by atoms with Crippen molar-refractivity contribution in [1.29, 1.82) is 0 Å². The number of carbonyl (C=O) groups excluding carboxylic acids is 1. The average molecular weight is 115 g/mol. The standard InChI is InChI=1S/C4H7O2Si/c1-3-7-6-4(2)5/h3,7H,1H2,2H3. The molecule has 0 spiro atoms. The zero-order valence-corrected chi connectivity index (χ0v) is 5.33. The van der Waals surface area contributed by atoms with E-state index in [9.17, 15) is 4.79 Å². The molecule has 0 rings (SSSR count). The highest BCUT2D eigenvalue weighted by molar-refractivity contribution is 6.36. The molecule has 0 unspecified atom stereocenters. The Morgan fingerprint density at radius 2 is 2.57 bits per heavy atom. The van der Waals surface area contributed by atoms with Crippen LogP contribution in [0, 0.1) is 0 Å². The number of hydrogen-bond donors (Lipinski definition) is 0. The van der Waals surface area contributed by atoms with Crippen molar-refractivity contribution in [3.05, 3.63) is 12.3 Å². The van der Waals surface area contributed by atoms with Crippen molar-refractivity contribution < 1.29 is 9.22 Å².